The van der Waals surface area contributed by atoms with Crippen molar-refractivity contribution in [3.05, 3.63) is 166 Å². The van der Waals surface area contributed by atoms with Gasteiger partial charge in [-0.05, 0) is 90.6 Å². The molecule has 1 unspecified atom stereocenters. The van der Waals surface area contributed by atoms with Gasteiger partial charge in [0.05, 0.1) is 25.4 Å². The van der Waals surface area contributed by atoms with Crippen LogP contribution in [0.2, 0.25) is 0 Å². The summed E-state index contributed by atoms with van der Waals surface area (Å²) in [7, 11) is 1.71. The van der Waals surface area contributed by atoms with Crippen molar-refractivity contribution < 1.29 is 33.2 Å². The van der Waals surface area contributed by atoms with Gasteiger partial charge < -0.3 is 33.2 Å². The maximum Gasteiger partial charge on any atom is 0.225 e. The van der Waals surface area contributed by atoms with Gasteiger partial charge in [-0.1, -0.05) is 109 Å². The van der Waals surface area contributed by atoms with Gasteiger partial charge in [-0.15, -0.1) is 0 Å². The van der Waals surface area contributed by atoms with Gasteiger partial charge in [0, 0.05) is 12.7 Å². The van der Waals surface area contributed by atoms with Crippen LogP contribution in [0.4, 0.5) is 0 Å². The highest BCUT2D eigenvalue weighted by Crippen LogP contribution is 2.49. The lowest BCUT2D eigenvalue weighted by Crippen LogP contribution is -2.68. The molecule has 54 heavy (non-hydrogen) atoms. The molecule has 1 saturated carbocycles. The highest BCUT2D eigenvalue weighted by Gasteiger charge is 2.61. The zero-order chi connectivity index (χ0) is 37.0. The minimum atomic E-state index is -1.34. The molecule has 7 heteroatoms. The van der Waals surface area contributed by atoms with Crippen molar-refractivity contribution in [2.45, 2.75) is 88.5 Å². The van der Waals surface area contributed by atoms with Crippen LogP contribution in [0, 0.1) is 0 Å². The van der Waals surface area contributed by atoms with E-state index in [0.29, 0.717) is 39.0 Å². The van der Waals surface area contributed by atoms with Crippen LogP contribution in [0.5, 0.6) is 11.5 Å². The van der Waals surface area contributed by atoms with Gasteiger partial charge in [0.25, 0.3) is 0 Å². The van der Waals surface area contributed by atoms with E-state index in [9.17, 15) is 0 Å². The van der Waals surface area contributed by atoms with Gasteiger partial charge in [0.2, 0.25) is 5.79 Å². The average molecular weight is 727 g/mol. The van der Waals surface area contributed by atoms with Gasteiger partial charge in [-0.2, -0.15) is 0 Å². The topological polar surface area (TPSA) is 64.6 Å². The van der Waals surface area contributed by atoms with Gasteiger partial charge in [-0.25, -0.2) is 0 Å². The highest BCUT2D eigenvalue weighted by molar-refractivity contribution is 5.47. The van der Waals surface area contributed by atoms with Crippen LogP contribution in [-0.4, -0.2) is 44.2 Å². The monoisotopic (exact) mass is 726 g/mol. The molecule has 5 aromatic rings. The molecule has 2 heterocycles. The summed E-state index contributed by atoms with van der Waals surface area (Å²) in [6.07, 6.45) is 1.30. The van der Waals surface area contributed by atoms with Crippen LogP contribution in [0.1, 0.15) is 71.6 Å². The van der Waals surface area contributed by atoms with E-state index in [-0.39, 0.29) is 0 Å². The fourth-order valence-corrected chi connectivity index (χ4v) is 7.92. The molecule has 0 spiro atoms. The molecule has 8 rings (SSSR count). The smallest absolute Gasteiger partial charge is 0.225 e. The molecule has 2 fully saturated rings. The maximum atomic E-state index is 7.29. The molecule has 1 aliphatic carbocycles. The first kappa shape index (κ1) is 36.5. The highest BCUT2D eigenvalue weighted by atomic mass is 16.7. The minimum Gasteiger partial charge on any atom is -0.486 e. The van der Waals surface area contributed by atoms with Crippen molar-refractivity contribution in [1.82, 2.24) is 0 Å². The molecule has 0 N–H and O–H groups in total. The molecule has 0 amide bonds. The van der Waals surface area contributed by atoms with Crippen LogP contribution < -0.4 is 9.47 Å². The summed E-state index contributed by atoms with van der Waals surface area (Å²) in [4.78, 5) is 0. The number of hydrogen-bond donors (Lipinski definition) is 0. The van der Waals surface area contributed by atoms with E-state index in [1.807, 2.05) is 60.7 Å². The van der Waals surface area contributed by atoms with Crippen LogP contribution in [-0.2, 0) is 55.7 Å². The Hall–Kier alpha value is -4.50. The predicted molar refractivity (Wildman–Crippen MR) is 208 cm³/mol. The summed E-state index contributed by atoms with van der Waals surface area (Å²) in [5, 5.41) is 0. The molecule has 0 radical (unpaired) electrons. The number of ether oxygens (including phenoxy) is 7. The Labute approximate surface area is 319 Å². The Morgan fingerprint density at radius 3 is 1.76 bits per heavy atom. The Bertz CT molecular complexity index is 1980. The number of hydrogen-bond acceptors (Lipinski definition) is 7. The second-order valence-corrected chi connectivity index (χ2v) is 15.1. The molecule has 0 bridgehead atoms. The predicted octanol–water partition coefficient (Wildman–Crippen LogP) is 9.29. The Kier molecular flexibility index (Phi) is 10.9. The summed E-state index contributed by atoms with van der Waals surface area (Å²) < 4.78 is 46.6. The second kappa shape index (κ2) is 16.1. The van der Waals surface area contributed by atoms with Gasteiger partial charge >= 0.3 is 0 Å². The van der Waals surface area contributed by atoms with E-state index in [1.165, 1.54) is 24.0 Å². The minimum absolute atomic E-state index is 0.335. The molecule has 1 saturated heterocycles. The average Bonchev–Trinajstić information content (AvgIpc) is 4.06. The van der Waals surface area contributed by atoms with E-state index in [0.717, 1.165) is 45.7 Å². The lowest BCUT2D eigenvalue weighted by Gasteiger charge is -2.55. The molecule has 3 aliphatic rings. The number of rotatable bonds is 14. The number of fused-ring (bicyclic) bond motifs is 1. The molecule has 2 aliphatic heterocycles. The van der Waals surface area contributed by atoms with Crippen molar-refractivity contribution in [3.8, 4) is 11.5 Å². The van der Waals surface area contributed by atoms with Crippen molar-refractivity contribution in [2.75, 3.05) is 20.3 Å². The summed E-state index contributed by atoms with van der Waals surface area (Å²) in [5.41, 5.74) is 6.94. The summed E-state index contributed by atoms with van der Waals surface area (Å²) >= 11 is 0. The molecule has 7 nitrogen and oxygen atoms in total. The lowest BCUT2D eigenvalue weighted by molar-refractivity contribution is -0.403. The fraction of sp³-hybridized carbons (Fsp3) is 0.362. The van der Waals surface area contributed by atoms with Crippen LogP contribution in [0.15, 0.2) is 127 Å². The van der Waals surface area contributed by atoms with Crippen molar-refractivity contribution in [1.29, 1.82) is 0 Å². The first-order chi connectivity index (χ1) is 26.4. The normalized spacial score (nSPS) is 23.2. The molecular weight excluding hydrogens is 677 g/mol. The van der Waals surface area contributed by atoms with Crippen molar-refractivity contribution in [2.24, 2.45) is 0 Å². The van der Waals surface area contributed by atoms with Crippen LogP contribution in [0.3, 0.4) is 0 Å². The largest absolute Gasteiger partial charge is 0.486 e. The van der Waals surface area contributed by atoms with Crippen molar-refractivity contribution >= 4 is 0 Å². The van der Waals surface area contributed by atoms with Gasteiger partial charge in [0.15, 0.2) is 11.5 Å². The van der Waals surface area contributed by atoms with E-state index in [2.05, 4.69) is 80.6 Å². The van der Waals surface area contributed by atoms with E-state index in [4.69, 9.17) is 33.2 Å². The molecular formula is C47H50O7. The molecule has 0 aromatic heterocycles. The quantitative estimate of drug-likeness (QED) is 0.113. The second-order valence-electron chi connectivity index (χ2n) is 15.1. The fourth-order valence-electron chi connectivity index (χ4n) is 7.92. The summed E-state index contributed by atoms with van der Waals surface area (Å²) in [6.45, 7) is 6.35. The third kappa shape index (κ3) is 7.97. The van der Waals surface area contributed by atoms with Gasteiger partial charge in [-0.3, -0.25) is 0 Å². The molecule has 280 valence electrons. The van der Waals surface area contributed by atoms with Gasteiger partial charge in [0.1, 0.15) is 31.5 Å². The Morgan fingerprint density at radius 1 is 0.593 bits per heavy atom. The summed E-state index contributed by atoms with van der Waals surface area (Å²) in [6, 6.07) is 43.6. The number of benzene rings is 5. The first-order valence-corrected chi connectivity index (χ1v) is 19.2. The number of methoxy groups -OCH3 is 1. The SMILES string of the molecule is COC1(c2ccc(C3CC3)c(Cc3ccc4c(c3)OCCO4)c2)OC(C)(C)[C@@H](OCc2ccccc2)[C@H](OCc2ccccc2)[C@H]1OCc1ccccc1. The van der Waals surface area contributed by atoms with E-state index in [1.54, 1.807) is 7.11 Å². The zero-order valence-electron chi connectivity index (χ0n) is 31.4. The van der Waals surface area contributed by atoms with E-state index >= 15 is 0 Å². The first-order valence-electron chi connectivity index (χ1n) is 19.2. The third-order valence-electron chi connectivity index (χ3n) is 10.8. The molecule has 5 aromatic carbocycles. The third-order valence-corrected chi connectivity index (χ3v) is 10.8. The zero-order valence-corrected chi connectivity index (χ0v) is 31.4. The maximum absolute atomic E-state index is 7.29. The summed E-state index contributed by atoms with van der Waals surface area (Å²) in [5.74, 6) is 0.788. The van der Waals surface area contributed by atoms with Crippen LogP contribution in [0.25, 0.3) is 0 Å². The standard InChI is InChI=1S/C47H50O7/c1-46(2)44(52-31-34-15-9-5-10-16-34)43(51-30-33-13-7-4-8-14-33)45(53-32-35-17-11-6-12-18-35)47(48-3,54-46)39-22-23-40(37-20-21-37)38(29-39)27-36-19-24-41-42(28-36)50-26-25-49-41/h4-19,22-24,28-29,37,43-45H,20-21,25-27,30-32H2,1-3H3/t43-,44-,45+,47?/m0/s1. The van der Waals surface area contributed by atoms with E-state index < -0.39 is 29.7 Å². The van der Waals surface area contributed by atoms with Crippen molar-refractivity contribution in [3.63, 3.8) is 0 Å². The Morgan fingerprint density at radius 2 is 1.17 bits per heavy atom. The Balaban J connectivity index is 1.21. The lowest BCUT2D eigenvalue weighted by atomic mass is 9.81. The van der Waals surface area contributed by atoms with Crippen LogP contribution >= 0.6 is 0 Å². The molecule has 4 atom stereocenters.